The first-order chi connectivity index (χ1) is 9.01. The van der Waals surface area contributed by atoms with Crippen LogP contribution < -0.4 is 0 Å². The molecule has 0 radical (unpaired) electrons. The molecule has 0 aliphatic carbocycles. The lowest BCUT2D eigenvalue weighted by Crippen LogP contribution is -2.36. The van der Waals surface area contributed by atoms with E-state index in [1.54, 1.807) is 0 Å². The van der Waals surface area contributed by atoms with Gasteiger partial charge in [0.05, 0.1) is 5.75 Å². The van der Waals surface area contributed by atoms with Gasteiger partial charge in [0.2, 0.25) is 0 Å². The minimum atomic E-state index is -4.29. The van der Waals surface area contributed by atoms with Gasteiger partial charge in [0.25, 0.3) is 0 Å². The van der Waals surface area contributed by atoms with Gasteiger partial charge in [0, 0.05) is 6.54 Å². The quantitative estimate of drug-likeness (QED) is 0.723. The van der Waals surface area contributed by atoms with Crippen LogP contribution in [-0.4, -0.2) is 38.7 Å². The van der Waals surface area contributed by atoms with Crippen molar-refractivity contribution in [1.82, 2.24) is 4.90 Å². The molecule has 0 spiro atoms. The molecule has 1 fully saturated rings. The largest absolute Gasteiger partial charge is 0.303 e. The Bertz CT molecular complexity index is 273. The number of hydrogen-bond acceptors (Lipinski definition) is 3. The van der Waals surface area contributed by atoms with Crippen LogP contribution in [0.25, 0.3) is 0 Å². The predicted molar refractivity (Wildman–Crippen MR) is 81.7 cm³/mol. The average molecular weight is 297 g/mol. The van der Waals surface area contributed by atoms with Crippen molar-refractivity contribution in [2.75, 3.05) is 25.4 Å². The highest BCUT2D eigenvalue weighted by Crippen LogP contribution is 2.21. The SMILES string of the molecule is CC.CC.CCCC1CCN(CCS(=O)(=O)F)CC1. The molecule has 3 nitrogen and oxygen atoms in total. The highest BCUT2D eigenvalue weighted by Gasteiger charge is 2.19. The monoisotopic (exact) mass is 297 g/mol. The Hall–Kier alpha value is -0.160. The fourth-order valence-corrected chi connectivity index (χ4v) is 2.62. The molecule has 1 saturated heterocycles. The van der Waals surface area contributed by atoms with Gasteiger partial charge in [-0.25, -0.2) is 0 Å². The second-order valence-corrected chi connectivity index (χ2v) is 5.80. The molecule has 0 aromatic heterocycles. The third-order valence-electron chi connectivity index (χ3n) is 3.06. The zero-order valence-corrected chi connectivity index (χ0v) is 14.1. The summed E-state index contributed by atoms with van der Waals surface area (Å²) in [6, 6.07) is 0. The number of hydrogen-bond donors (Lipinski definition) is 0. The van der Waals surface area contributed by atoms with Gasteiger partial charge in [-0.3, -0.25) is 0 Å². The molecule has 0 saturated carbocycles. The number of rotatable bonds is 5. The Morgan fingerprint density at radius 3 is 1.95 bits per heavy atom. The molecule has 1 heterocycles. The normalized spacial score (nSPS) is 16.9. The Morgan fingerprint density at radius 1 is 1.11 bits per heavy atom. The van der Waals surface area contributed by atoms with Crippen LogP contribution in [0.4, 0.5) is 3.89 Å². The van der Waals surface area contributed by atoms with Gasteiger partial charge in [-0.15, -0.1) is 3.89 Å². The molecule has 1 aliphatic heterocycles. The standard InChI is InChI=1S/C10H20FNO2S.2C2H6/c1-2-3-10-4-6-12(7-5-10)8-9-15(11,13)14;2*1-2/h10H,2-9H2,1H3;2*1-2H3. The maximum absolute atomic E-state index is 12.3. The molecule has 0 aromatic carbocycles. The summed E-state index contributed by atoms with van der Waals surface area (Å²) >= 11 is 0. The van der Waals surface area contributed by atoms with Crippen molar-refractivity contribution in [3.8, 4) is 0 Å². The topological polar surface area (TPSA) is 37.4 Å². The van der Waals surface area contributed by atoms with Crippen LogP contribution in [0.15, 0.2) is 0 Å². The number of halogens is 1. The molecule has 0 bridgehead atoms. The summed E-state index contributed by atoms with van der Waals surface area (Å²) in [6.07, 6.45) is 4.72. The molecular weight excluding hydrogens is 265 g/mol. The van der Waals surface area contributed by atoms with Gasteiger partial charge in [-0.1, -0.05) is 47.5 Å². The van der Waals surface area contributed by atoms with Crippen molar-refractivity contribution in [3.05, 3.63) is 0 Å². The van der Waals surface area contributed by atoms with Crippen molar-refractivity contribution >= 4 is 10.2 Å². The van der Waals surface area contributed by atoms with Gasteiger partial charge in [-0.05, 0) is 31.8 Å². The second kappa shape index (κ2) is 12.9. The Labute approximate surface area is 119 Å². The van der Waals surface area contributed by atoms with Crippen molar-refractivity contribution in [2.24, 2.45) is 5.92 Å². The van der Waals surface area contributed by atoms with Crippen molar-refractivity contribution in [1.29, 1.82) is 0 Å². The minimum absolute atomic E-state index is 0.345. The van der Waals surface area contributed by atoms with Crippen LogP contribution in [-0.2, 0) is 10.2 Å². The summed E-state index contributed by atoms with van der Waals surface area (Å²) in [4.78, 5) is 2.04. The van der Waals surface area contributed by atoms with Gasteiger partial charge < -0.3 is 4.90 Å². The number of likely N-dealkylation sites (tertiary alicyclic amines) is 1. The fourth-order valence-electron chi connectivity index (χ4n) is 2.15. The molecule has 1 aliphatic rings. The van der Waals surface area contributed by atoms with Crippen molar-refractivity contribution in [2.45, 2.75) is 60.3 Å². The van der Waals surface area contributed by atoms with E-state index in [0.29, 0.717) is 6.54 Å². The third-order valence-corrected chi connectivity index (χ3v) is 3.73. The van der Waals surface area contributed by atoms with E-state index in [4.69, 9.17) is 0 Å². The first-order valence-electron chi connectivity index (χ1n) is 7.66. The summed E-state index contributed by atoms with van der Waals surface area (Å²) in [5.74, 6) is 0.430. The van der Waals surface area contributed by atoms with Gasteiger partial charge in [0.1, 0.15) is 0 Å². The summed E-state index contributed by atoms with van der Waals surface area (Å²) in [5, 5.41) is 0. The lowest BCUT2D eigenvalue weighted by molar-refractivity contribution is 0.186. The summed E-state index contributed by atoms with van der Waals surface area (Å²) in [5.41, 5.74) is 0. The molecule has 0 unspecified atom stereocenters. The zero-order valence-electron chi connectivity index (χ0n) is 13.3. The van der Waals surface area contributed by atoms with E-state index in [1.165, 1.54) is 12.8 Å². The Balaban J connectivity index is 0. The van der Waals surface area contributed by atoms with Crippen molar-refractivity contribution < 1.29 is 12.3 Å². The van der Waals surface area contributed by atoms with Crippen LogP contribution >= 0.6 is 0 Å². The average Bonchev–Trinajstić information content (AvgIpc) is 2.42. The fraction of sp³-hybridized carbons (Fsp3) is 1.00. The summed E-state index contributed by atoms with van der Waals surface area (Å²) in [7, 11) is -4.29. The van der Waals surface area contributed by atoms with Crippen LogP contribution in [0.3, 0.4) is 0 Å². The number of piperidine rings is 1. The molecule has 0 N–H and O–H groups in total. The summed E-state index contributed by atoms with van der Waals surface area (Å²) < 4.78 is 33.0. The minimum Gasteiger partial charge on any atom is -0.302 e. The highest BCUT2D eigenvalue weighted by molar-refractivity contribution is 7.86. The molecule has 0 atom stereocenters. The van der Waals surface area contributed by atoms with Crippen molar-refractivity contribution in [3.63, 3.8) is 0 Å². The first kappa shape index (κ1) is 21.1. The Kier molecular flexibility index (Phi) is 14.3. The lowest BCUT2D eigenvalue weighted by Gasteiger charge is -2.31. The maximum Gasteiger partial charge on any atom is 0.303 e. The van der Waals surface area contributed by atoms with Gasteiger partial charge >= 0.3 is 10.2 Å². The molecule has 0 aromatic rings. The van der Waals surface area contributed by atoms with Gasteiger partial charge in [0.15, 0.2) is 0 Å². The van der Waals surface area contributed by atoms with E-state index in [-0.39, 0.29) is 5.75 Å². The van der Waals surface area contributed by atoms with Crippen LogP contribution in [0.5, 0.6) is 0 Å². The zero-order chi connectivity index (χ0) is 15.3. The first-order valence-corrected chi connectivity index (χ1v) is 9.21. The summed E-state index contributed by atoms with van der Waals surface area (Å²) in [6.45, 7) is 12.4. The molecule has 118 valence electrons. The van der Waals surface area contributed by atoms with Crippen LogP contribution in [0.1, 0.15) is 60.3 Å². The lowest BCUT2D eigenvalue weighted by atomic mass is 9.93. The smallest absolute Gasteiger partial charge is 0.302 e. The van der Waals surface area contributed by atoms with E-state index in [0.717, 1.165) is 31.8 Å². The Morgan fingerprint density at radius 2 is 1.58 bits per heavy atom. The highest BCUT2D eigenvalue weighted by atomic mass is 32.3. The van der Waals surface area contributed by atoms with E-state index >= 15 is 0 Å². The van der Waals surface area contributed by atoms with Crippen LogP contribution in [0, 0.1) is 5.92 Å². The third kappa shape index (κ3) is 12.6. The molecule has 5 heteroatoms. The second-order valence-electron chi connectivity index (χ2n) is 4.32. The molecule has 0 amide bonds. The number of nitrogens with zero attached hydrogens (tertiary/aromatic N) is 1. The molecular formula is C14H32FNO2S. The van der Waals surface area contributed by atoms with E-state index in [9.17, 15) is 12.3 Å². The molecule has 19 heavy (non-hydrogen) atoms. The maximum atomic E-state index is 12.3. The van der Waals surface area contributed by atoms with Crippen LogP contribution in [0.2, 0.25) is 0 Å². The molecule has 1 rings (SSSR count). The van der Waals surface area contributed by atoms with Gasteiger partial charge in [-0.2, -0.15) is 8.42 Å². The van der Waals surface area contributed by atoms with E-state index < -0.39 is 10.2 Å². The van der Waals surface area contributed by atoms with E-state index in [1.807, 2.05) is 32.6 Å². The van der Waals surface area contributed by atoms with E-state index in [2.05, 4.69) is 6.92 Å². The predicted octanol–water partition coefficient (Wildman–Crippen LogP) is 3.85.